The van der Waals surface area contributed by atoms with Gasteiger partial charge in [-0.2, -0.15) is 0 Å². The SMILES string of the molecule is O=C(O)CCCCCN1C(=O)/C(=C/c2ccc(O)c([N+](=O)[O-])c2)SC1=S. The number of hydrogen-bond acceptors (Lipinski definition) is 7. The average molecular weight is 396 g/mol. The van der Waals surface area contributed by atoms with Gasteiger partial charge >= 0.3 is 11.7 Å². The molecule has 0 atom stereocenters. The Morgan fingerprint density at radius 2 is 2.08 bits per heavy atom. The summed E-state index contributed by atoms with van der Waals surface area (Å²) in [5.41, 5.74) is -0.0240. The second-order valence-corrected chi connectivity index (χ2v) is 7.22. The molecule has 138 valence electrons. The number of carbonyl (C=O) groups excluding carboxylic acids is 1. The molecule has 1 aliphatic heterocycles. The van der Waals surface area contributed by atoms with Gasteiger partial charge in [0.2, 0.25) is 0 Å². The van der Waals surface area contributed by atoms with Crippen LogP contribution in [0.3, 0.4) is 0 Å². The third-order valence-corrected chi connectivity index (χ3v) is 5.02. The summed E-state index contributed by atoms with van der Waals surface area (Å²) in [4.78, 5) is 34.9. The summed E-state index contributed by atoms with van der Waals surface area (Å²) < 4.78 is 0.396. The highest BCUT2D eigenvalue weighted by molar-refractivity contribution is 8.26. The molecule has 1 heterocycles. The summed E-state index contributed by atoms with van der Waals surface area (Å²) in [6.45, 7) is 0.400. The van der Waals surface area contributed by atoms with Crippen molar-refractivity contribution in [3.63, 3.8) is 0 Å². The van der Waals surface area contributed by atoms with Gasteiger partial charge in [0.05, 0.1) is 9.83 Å². The number of carbonyl (C=O) groups is 2. The lowest BCUT2D eigenvalue weighted by Crippen LogP contribution is -2.29. The molecule has 0 radical (unpaired) electrons. The number of hydrogen-bond donors (Lipinski definition) is 2. The van der Waals surface area contributed by atoms with Gasteiger partial charge in [0, 0.05) is 19.0 Å². The van der Waals surface area contributed by atoms with Gasteiger partial charge < -0.3 is 10.2 Å². The second-order valence-electron chi connectivity index (χ2n) is 5.54. The fourth-order valence-corrected chi connectivity index (χ4v) is 3.65. The number of nitrogens with zero attached hydrogens (tertiary/aromatic N) is 2. The van der Waals surface area contributed by atoms with Gasteiger partial charge in [-0.3, -0.25) is 24.6 Å². The van der Waals surface area contributed by atoms with Crippen LogP contribution in [0.5, 0.6) is 5.75 Å². The number of carboxylic acids is 1. The van der Waals surface area contributed by atoms with E-state index < -0.39 is 22.3 Å². The van der Waals surface area contributed by atoms with Crippen LogP contribution in [-0.2, 0) is 9.59 Å². The molecule has 1 aromatic rings. The van der Waals surface area contributed by atoms with E-state index in [0.717, 1.165) is 11.8 Å². The van der Waals surface area contributed by atoms with Gasteiger partial charge in [-0.25, -0.2) is 0 Å². The van der Waals surface area contributed by atoms with Crippen LogP contribution in [0, 0.1) is 10.1 Å². The number of thiocarbonyl (C=S) groups is 1. The maximum atomic E-state index is 12.4. The Labute approximate surface area is 158 Å². The number of phenolic OH excluding ortho intramolecular Hbond substituents is 1. The van der Waals surface area contributed by atoms with Crippen molar-refractivity contribution in [3.8, 4) is 5.75 Å². The van der Waals surface area contributed by atoms with E-state index in [1.54, 1.807) is 0 Å². The largest absolute Gasteiger partial charge is 0.502 e. The highest BCUT2D eigenvalue weighted by Crippen LogP contribution is 2.34. The lowest BCUT2D eigenvalue weighted by Gasteiger charge is -2.13. The Hall–Kier alpha value is -2.46. The summed E-state index contributed by atoms with van der Waals surface area (Å²) in [5.74, 6) is -1.57. The van der Waals surface area contributed by atoms with Crippen LogP contribution in [0.2, 0.25) is 0 Å². The van der Waals surface area contributed by atoms with E-state index in [1.165, 1.54) is 29.2 Å². The van der Waals surface area contributed by atoms with Crippen molar-refractivity contribution in [1.29, 1.82) is 0 Å². The number of aliphatic carboxylic acids is 1. The predicted octanol–water partition coefficient (Wildman–Crippen LogP) is 3.15. The molecule has 1 fully saturated rings. The molecular formula is C16H16N2O6S2. The molecule has 1 amide bonds. The molecule has 0 bridgehead atoms. The van der Waals surface area contributed by atoms with E-state index >= 15 is 0 Å². The topological polar surface area (TPSA) is 121 Å². The number of phenols is 1. The van der Waals surface area contributed by atoms with E-state index in [4.69, 9.17) is 17.3 Å². The number of carboxylic acid groups (broad SMARTS) is 1. The Bertz CT molecular complexity index is 793. The van der Waals surface area contributed by atoms with Crippen LogP contribution < -0.4 is 0 Å². The van der Waals surface area contributed by atoms with Gasteiger partial charge in [0.1, 0.15) is 4.32 Å². The van der Waals surface area contributed by atoms with Crippen LogP contribution in [0.4, 0.5) is 5.69 Å². The van der Waals surface area contributed by atoms with Crippen molar-refractivity contribution in [3.05, 3.63) is 38.8 Å². The van der Waals surface area contributed by atoms with E-state index in [-0.39, 0.29) is 12.3 Å². The zero-order chi connectivity index (χ0) is 19.3. The summed E-state index contributed by atoms with van der Waals surface area (Å²) in [7, 11) is 0. The molecule has 0 aliphatic carbocycles. The molecular weight excluding hydrogens is 380 g/mol. The Morgan fingerprint density at radius 3 is 2.73 bits per heavy atom. The fraction of sp³-hybridized carbons (Fsp3) is 0.312. The predicted molar refractivity (Wildman–Crippen MR) is 101 cm³/mol. The summed E-state index contributed by atoms with van der Waals surface area (Å²) in [5, 5.41) is 29.0. The van der Waals surface area contributed by atoms with Crippen LogP contribution >= 0.6 is 24.0 Å². The smallest absolute Gasteiger partial charge is 0.311 e. The van der Waals surface area contributed by atoms with Gasteiger partial charge in [-0.05, 0) is 30.5 Å². The molecule has 1 saturated heterocycles. The molecule has 0 unspecified atom stereocenters. The second kappa shape index (κ2) is 8.77. The number of benzene rings is 1. The summed E-state index contributed by atoms with van der Waals surface area (Å²) in [6.07, 6.45) is 3.44. The summed E-state index contributed by atoms with van der Waals surface area (Å²) in [6, 6.07) is 3.86. The first-order valence-electron chi connectivity index (χ1n) is 7.74. The lowest BCUT2D eigenvalue weighted by atomic mass is 10.1. The molecule has 2 N–H and O–H groups in total. The minimum Gasteiger partial charge on any atom is -0.502 e. The third kappa shape index (κ3) is 5.02. The molecule has 1 aliphatic rings. The molecule has 1 aromatic carbocycles. The minimum atomic E-state index is -0.846. The zero-order valence-electron chi connectivity index (χ0n) is 13.6. The van der Waals surface area contributed by atoms with E-state index in [9.17, 15) is 24.8 Å². The number of amides is 1. The molecule has 2 rings (SSSR count). The monoisotopic (exact) mass is 396 g/mol. The van der Waals surface area contributed by atoms with Crippen LogP contribution in [-0.4, -0.2) is 42.8 Å². The van der Waals surface area contributed by atoms with Crippen molar-refractivity contribution in [2.75, 3.05) is 6.54 Å². The Morgan fingerprint density at radius 1 is 1.35 bits per heavy atom. The summed E-state index contributed by atoms with van der Waals surface area (Å²) >= 11 is 6.31. The van der Waals surface area contributed by atoms with Crippen molar-refractivity contribution in [2.45, 2.75) is 25.7 Å². The molecule has 8 nitrogen and oxygen atoms in total. The lowest BCUT2D eigenvalue weighted by molar-refractivity contribution is -0.385. The van der Waals surface area contributed by atoms with Gasteiger partial charge in [0.25, 0.3) is 5.91 Å². The maximum absolute atomic E-state index is 12.4. The highest BCUT2D eigenvalue weighted by Gasteiger charge is 2.31. The number of thioether (sulfide) groups is 1. The van der Waals surface area contributed by atoms with Gasteiger partial charge in [-0.1, -0.05) is 36.5 Å². The molecule has 0 spiro atoms. The third-order valence-electron chi connectivity index (χ3n) is 3.64. The quantitative estimate of drug-likeness (QED) is 0.226. The number of nitro benzene ring substituents is 1. The standard InChI is InChI=1S/C16H16N2O6S2/c19-12-6-5-10(8-11(12)18(23)24)9-13-15(22)17(16(25)26-13)7-3-1-2-4-14(20)21/h5-6,8-9,19H,1-4,7H2,(H,20,21)/b13-9-. The molecule has 10 heteroatoms. The number of rotatable bonds is 8. The van der Waals surface area contributed by atoms with Crippen LogP contribution in [0.1, 0.15) is 31.2 Å². The molecule has 0 aromatic heterocycles. The normalized spacial score (nSPS) is 15.7. The maximum Gasteiger partial charge on any atom is 0.311 e. The average Bonchev–Trinajstić information content (AvgIpc) is 2.83. The van der Waals surface area contributed by atoms with Crippen molar-refractivity contribution in [2.24, 2.45) is 0 Å². The van der Waals surface area contributed by atoms with Crippen molar-refractivity contribution < 1.29 is 24.7 Å². The minimum absolute atomic E-state index is 0.0952. The number of nitro groups is 1. The van der Waals surface area contributed by atoms with Crippen LogP contribution in [0.25, 0.3) is 6.08 Å². The van der Waals surface area contributed by atoms with E-state index in [1.807, 2.05) is 0 Å². The van der Waals surface area contributed by atoms with Gasteiger partial charge in [-0.15, -0.1) is 0 Å². The number of aromatic hydroxyl groups is 1. The van der Waals surface area contributed by atoms with E-state index in [2.05, 4.69) is 0 Å². The Kier molecular flexibility index (Phi) is 6.70. The van der Waals surface area contributed by atoms with Crippen LogP contribution in [0.15, 0.2) is 23.1 Å². The van der Waals surface area contributed by atoms with Crippen molar-refractivity contribution >= 4 is 51.9 Å². The van der Waals surface area contributed by atoms with Gasteiger partial charge in [0.15, 0.2) is 5.75 Å². The first kappa shape index (κ1) is 19.9. The molecule has 26 heavy (non-hydrogen) atoms. The zero-order valence-corrected chi connectivity index (χ0v) is 15.2. The first-order chi connectivity index (χ1) is 12.3. The number of unbranched alkanes of at least 4 members (excludes halogenated alkanes) is 2. The first-order valence-corrected chi connectivity index (χ1v) is 8.96. The van der Waals surface area contributed by atoms with Crippen molar-refractivity contribution in [1.82, 2.24) is 4.90 Å². The van der Waals surface area contributed by atoms with E-state index in [0.29, 0.717) is 40.6 Å². The fourth-order valence-electron chi connectivity index (χ4n) is 2.34. The Balaban J connectivity index is 2.03. The molecule has 0 saturated carbocycles. The highest BCUT2D eigenvalue weighted by atomic mass is 32.2.